The number of rotatable bonds is 2. The molecule has 8 heteroatoms. The summed E-state index contributed by atoms with van der Waals surface area (Å²) in [5, 5.41) is -0.0359. The molecular formula is C16H15ClF3N3O. The number of aromatic nitrogens is 1. The van der Waals surface area contributed by atoms with Crippen LogP contribution in [0.5, 0.6) is 0 Å². The van der Waals surface area contributed by atoms with Gasteiger partial charge in [-0.05, 0) is 6.07 Å². The molecule has 0 radical (unpaired) electrons. The minimum atomic E-state index is -4.47. The Bertz CT molecular complexity index is 682. The van der Waals surface area contributed by atoms with Gasteiger partial charge in [0, 0.05) is 32.4 Å². The van der Waals surface area contributed by atoms with Crippen molar-refractivity contribution >= 4 is 23.3 Å². The second kappa shape index (κ2) is 6.47. The SMILES string of the molecule is O=C(C1C=CC=C1)N1CCN(c2ncc(C(F)(F)F)cc2Cl)CC1. The predicted molar refractivity (Wildman–Crippen MR) is 84.8 cm³/mol. The van der Waals surface area contributed by atoms with Crippen LogP contribution in [0.15, 0.2) is 36.6 Å². The number of amides is 1. The molecule has 0 unspecified atom stereocenters. The van der Waals surface area contributed by atoms with E-state index in [1.807, 2.05) is 24.3 Å². The van der Waals surface area contributed by atoms with Crippen molar-refractivity contribution in [3.63, 3.8) is 0 Å². The standard InChI is InChI=1S/C16H15ClF3N3O/c17-13-9-12(16(18,19)20)10-21-14(13)22-5-7-23(8-6-22)15(24)11-3-1-2-4-11/h1-4,9-11H,5-8H2. The molecule has 0 saturated carbocycles. The number of carbonyl (C=O) groups is 1. The highest BCUT2D eigenvalue weighted by molar-refractivity contribution is 6.33. The third-order valence-corrected chi connectivity index (χ3v) is 4.35. The van der Waals surface area contributed by atoms with Crippen molar-refractivity contribution in [2.24, 2.45) is 5.92 Å². The molecule has 1 saturated heterocycles. The summed E-state index contributed by atoms with van der Waals surface area (Å²) >= 11 is 5.97. The van der Waals surface area contributed by atoms with Gasteiger partial charge in [0.15, 0.2) is 0 Å². The van der Waals surface area contributed by atoms with Crippen molar-refractivity contribution in [2.45, 2.75) is 6.18 Å². The van der Waals surface area contributed by atoms with E-state index >= 15 is 0 Å². The second-order valence-electron chi connectivity index (χ2n) is 5.64. The molecule has 1 aromatic rings. The zero-order valence-electron chi connectivity index (χ0n) is 12.6. The number of allylic oxidation sites excluding steroid dienone is 2. The lowest BCUT2D eigenvalue weighted by Gasteiger charge is -2.36. The molecule has 3 rings (SSSR count). The highest BCUT2D eigenvalue weighted by Crippen LogP contribution is 2.33. The number of piperazine rings is 1. The van der Waals surface area contributed by atoms with Gasteiger partial charge in [0.25, 0.3) is 0 Å². The maximum Gasteiger partial charge on any atom is 0.417 e. The van der Waals surface area contributed by atoms with Gasteiger partial charge >= 0.3 is 6.18 Å². The minimum absolute atomic E-state index is 0.0334. The number of halogens is 4. The van der Waals surface area contributed by atoms with Crippen molar-refractivity contribution in [1.82, 2.24) is 9.88 Å². The minimum Gasteiger partial charge on any atom is -0.352 e. The number of nitrogens with zero attached hydrogens (tertiary/aromatic N) is 3. The Balaban J connectivity index is 1.65. The molecule has 1 amide bonds. The summed E-state index contributed by atoms with van der Waals surface area (Å²) in [4.78, 5) is 19.7. The first-order valence-electron chi connectivity index (χ1n) is 7.48. The van der Waals surface area contributed by atoms with Crippen molar-refractivity contribution in [1.29, 1.82) is 0 Å². The summed E-state index contributed by atoms with van der Waals surface area (Å²) in [6.07, 6.45) is 3.66. The van der Waals surface area contributed by atoms with Crippen LogP contribution in [0.4, 0.5) is 19.0 Å². The van der Waals surface area contributed by atoms with E-state index in [2.05, 4.69) is 4.98 Å². The van der Waals surface area contributed by atoms with Crippen LogP contribution in [0.2, 0.25) is 5.02 Å². The lowest BCUT2D eigenvalue weighted by atomic mass is 10.1. The van der Waals surface area contributed by atoms with Crippen LogP contribution < -0.4 is 4.90 Å². The van der Waals surface area contributed by atoms with Crippen molar-refractivity contribution in [3.8, 4) is 0 Å². The molecule has 0 bridgehead atoms. The maximum absolute atomic E-state index is 12.7. The Kier molecular flexibility index (Phi) is 4.54. The Hall–Kier alpha value is -2.02. The highest BCUT2D eigenvalue weighted by atomic mass is 35.5. The molecule has 1 fully saturated rings. The molecule has 24 heavy (non-hydrogen) atoms. The van der Waals surface area contributed by atoms with E-state index in [9.17, 15) is 18.0 Å². The van der Waals surface area contributed by atoms with E-state index in [0.29, 0.717) is 32.0 Å². The van der Waals surface area contributed by atoms with Crippen LogP contribution in [0.25, 0.3) is 0 Å². The normalized spacial score (nSPS) is 18.5. The van der Waals surface area contributed by atoms with Crippen LogP contribution in [0, 0.1) is 5.92 Å². The van der Waals surface area contributed by atoms with Gasteiger partial charge in [-0.2, -0.15) is 13.2 Å². The van der Waals surface area contributed by atoms with E-state index in [1.54, 1.807) is 9.80 Å². The molecule has 0 spiro atoms. The van der Waals surface area contributed by atoms with Crippen LogP contribution in [-0.4, -0.2) is 42.0 Å². The molecule has 2 heterocycles. The molecule has 0 N–H and O–H groups in total. The average molecular weight is 358 g/mol. The quantitative estimate of drug-likeness (QED) is 0.816. The summed E-state index contributed by atoms with van der Waals surface area (Å²) in [6, 6.07) is 0.884. The number of alkyl halides is 3. The third-order valence-electron chi connectivity index (χ3n) is 4.07. The zero-order valence-corrected chi connectivity index (χ0v) is 13.4. The Morgan fingerprint density at radius 3 is 2.33 bits per heavy atom. The van der Waals surface area contributed by atoms with E-state index < -0.39 is 11.7 Å². The smallest absolute Gasteiger partial charge is 0.352 e. The Morgan fingerprint density at radius 1 is 1.17 bits per heavy atom. The van der Waals surface area contributed by atoms with E-state index in [1.165, 1.54) is 0 Å². The van der Waals surface area contributed by atoms with Gasteiger partial charge in [-0.3, -0.25) is 4.79 Å². The maximum atomic E-state index is 12.7. The number of carbonyl (C=O) groups excluding carboxylic acids is 1. The molecule has 2 aliphatic rings. The van der Waals surface area contributed by atoms with Gasteiger partial charge in [0.2, 0.25) is 5.91 Å². The molecule has 0 aromatic carbocycles. The molecular weight excluding hydrogens is 343 g/mol. The van der Waals surface area contributed by atoms with Gasteiger partial charge in [-0.15, -0.1) is 0 Å². The van der Waals surface area contributed by atoms with Gasteiger partial charge in [-0.1, -0.05) is 35.9 Å². The number of hydrogen-bond acceptors (Lipinski definition) is 3. The Labute approximate surface area is 142 Å². The van der Waals surface area contributed by atoms with Crippen LogP contribution >= 0.6 is 11.6 Å². The lowest BCUT2D eigenvalue weighted by molar-refractivity contribution is -0.138. The van der Waals surface area contributed by atoms with Gasteiger partial charge in [0.1, 0.15) is 5.82 Å². The summed E-state index contributed by atoms with van der Waals surface area (Å²) in [5.74, 6) is 0.132. The topological polar surface area (TPSA) is 36.4 Å². The number of pyridine rings is 1. The summed E-state index contributed by atoms with van der Waals surface area (Å²) in [5.41, 5.74) is -0.870. The van der Waals surface area contributed by atoms with Gasteiger partial charge in [-0.25, -0.2) is 4.98 Å². The largest absolute Gasteiger partial charge is 0.417 e. The van der Waals surface area contributed by atoms with E-state index in [-0.39, 0.29) is 16.8 Å². The summed E-state index contributed by atoms with van der Waals surface area (Å²) < 4.78 is 38.0. The van der Waals surface area contributed by atoms with Crippen LogP contribution in [0.1, 0.15) is 5.56 Å². The lowest BCUT2D eigenvalue weighted by Crippen LogP contribution is -2.50. The molecule has 4 nitrogen and oxygen atoms in total. The molecule has 0 atom stereocenters. The predicted octanol–water partition coefficient (Wildman–Crippen LogP) is 3.14. The van der Waals surface area contributed by atoms with Crippen molar-refractivity contribution in [3.05, 3.63) is 47.2 Å². The molecule has 1 aromatic heterocycles. The van der Waals surface area contributed by atoms with Crippen LogP contribution in [0.3, 0.4) is 0 Å². The molecule has 1 aliphatic carbocycles. The number of hydrogen-bond donors (Lipinski definition) is 0. The van der Waals surface area contributed by atoms with Gasteiger partial charge in [0.05, 0.1) is 16.5 Å². The van der Waals surface area contributed by atoms with Crippen molar-refractivity contribution < 1.29 is 18.0 Å². The zero-order chi connectivity index (χ0) is 17.3. The fourth-order valence-corrected chi connectivity index (χ4v) is 3.05. The monoisotopic (exact) mass is 357 g/mol. The second-order valence-corrected chi connectivity index (χ2v) is 6.04. The fourth-order valence-electron chi connectivity index (χ4n) is 2.76. The highest BCUT2D eigenvalue weighted by Gasteiger charge is 2.32. The summed E-state index contributed by atoms with van der Waals surface area (Å²) in [7, 11) is 0. The molecule has 1 aliphatic heterocycles. The Morgan fingerprint density at radius 2 is 1.79 bits per heavy atom. The van der Waals surface area contributed by atoms with Gasteiger partial charge < -0.3 is 9.80 Å². The fraction of sp³-hybridized carbons (Fsp3) is 0.375. The third kappa shape index (κ3) is 3.40. The van der Waals surface area contributed by atoms with E-state index in [0.717, 1.165) is 12.3 Å². The number of anilines is 1. The average Bonchev–Trinajstić information content (AvgIpc) is 3.08. The first kappa shape index (κ1) is 16.8. The first-order valence-corrected chi connectivity index (χ1v) is 7.85. The molecule has 128 valence electrons. The van der Waals surface area contributed by atoms with Crippen molar-refractivity contribution in [2.75, 3.05) is 31.1 Å². The van der Waals surface area contributed by atoms with E-state index in [4.69, 9.17) is 11.6 Å². The summed E-state index contributed by atoms with van der Waals surface area (Å²) in [6.45, 7) is 1.92. The van der Waals surface area contributed by atoms with Crippen LogP contribution in [-0.2, 0) is 11.0 Å². The first-order chi connectivity index (χ1) is 11.4.